The van der Waals surface area contributed by atoms with E-state index in [1.165, 1.54) is 12.1 Å². The van der Waals surface area contributed by atoms with Crippen molar-refractivity contribution in [2.24, 2.45) is 0 Å². The van der Waals surface area contributed by atoms with E-state index in [4.69, 9.17) is 0 Å². The van der Waals surface area contributed by atoms with E-state index in [1.54, 1.807) is 6.07 Å². The van der Waals surface area contributed by atoms with Crippen LogP contribution in [-0.4, -0.2) is 30.5 Å². The zero-order valence-electron chi connectivity index (χ0n) is 16.6. The van der Waals surface area contributed by atoms with Gasteiger partial charge in [-0.1, -0.05) is 29.8 Å². The van der Waals surface area contributed by atoms with Crippen molar-refractivity contribution in [3.8, 4) is 11.1 Å². The molecule has 3 rings (SSSR count). The van der Waals surface area contributed by atoms with E-state index in [1.807, 2.05) is 31.2 Å². The SMILES string of the molecule is Cc1ccc(-c2cc(C(=O)NCc3cnc(C(F)(F)F)nc3)cc(S(C)(=O)=O)c2)cc1. The monoisotopic (exact) mass is 449 g/mol. The summed E-state index contributed by atoms with van der Waals surface area (Å²) in [5.74, 6) is -1.86. The highest BCUT2D eigenvalue weighted by Gasteiger charge is 2.34. The maximum atomic E-state index is 12.6. The van der Waals surface area contributed by atoms with Crippen LogP contribution in [0.25, 0.3) is 11.1 Å². The number of rotatable bonds is 5. The van der Waals surface area contributed by atoms with Gasteiger partial charge < -0.3 is 5.32 Å². The number of amides is 1. The quantitative estimate of drug-likeness (QED) is 0.640. The van der Waals surface area contributed by atoms with Crippen LogP contribution < -0.4 is 5.32 Å². The first kappa shape index (κ1) is 22.4. The zero-order chi connectivity index (χ0) is 22.8. The number of aromatic nitrogens is 2. The number of hydrogen-bond donors (Lipinski definition) is 1. The van der Waals surface area contributed by atoms with E-state index in [0.717, 1.165) is 29.8 Å². The number of carbonyl (C=O) groups excluding carboxylic acids is 1. The Labute approximate surface area is 177 Å². The topological polar surface area (TPSA) is 89.0 Å². The van der Waals surface area contributed by atoms with Crippen LogP contribution in [-0.2, 0) is 22.6 Å². The van der Waals surface area contributed by atoms with E-state index in [2.05, 4.69) is 15.3 Å². The minimum absolute atomic E-state index is 0.0198. The maximum Gasteiger partial charge on any atom is 0.451 e. The lowest BCUT2D eigenvalue weighted by atomic mass is 10.0. The molecule has 0 saturated heterocycles. The lowest BCUT2D eigenvalue weighted by Gasteiger charge is -2.11. The van der Waals surface area contributed by atoms with Gasteiger partial charge in [-0.3, -0.25) is 4.79 Å². The summed E-state index contributed by atoms with van der Waals surface area (Å²) in [5, 5.41) is 2.54. The minimum atomic E-state index is -4.65. The van der Waals surface area contributed by atoms with Crippen molar-refractivity contribution in [2.45, 2.75) is 24.5 Å². The molecule has 0 saturated carbocycles. The Morgan fingerprint density at radius 3 is 2.16 bits per heavy atom. The lowest BCUT2D eigenvalue weighted by Crippen LogP contribution is -2.23. The van der Waals surface area contributed by atoms with Crippen LogP contribution in [0.3, 0.4) is 0 Å². The smallest absolute Gasteiger partial charge is 0.348 e. The Kier molecular flexibility index (Phi) is 6.12. The minimum Gasteiger partial charge on any atom is -0.348 e. The Bertz CT molecular complexity index is 1210. The van der Waals surface area contributed by atoms with Crippen molar-refractivity contribution in [2.75, 3.05) is 6.26 Å². The predicted octanol–water partition coefficient (Wildman–Crippen LogP) is 3.80. The summed E-state index contributed by atoms with van der Waals surface area (Å²) in [7, 11) is -3.59. The average Bonchev–Trinajstić information content (AvgIpc) is 2.71. The van der Waals surface area contributed by atoms with Crippen LogP contribution in [0, 0.1) is 6.92 Å². The first-order valence-corrected chi connectivity index (χ1v) is 10.9. The second-order valence-corrected chi connectivity index (χ2v) is 9.00. The number of aryl methyl sites for hydroxylation is 1. The fourth-order valence-corrected chi connectivity index (χ4v) is 3.42. The highest BCUT2D eigenvalue weighted by molar-refractivity contribution is 7.90. The average molecular weight is 449 g/mol. The zero-order valence-corrected chi connectivity index (χ0v) is 17.4. The molecule has 0 aliphatic carbocycles. The van der Waals surface area contributed by atoms with Crippen molar-refractivity contribution in [1.82, 2.24) is 15.3 Å². The van der Waals surface area contributed by atoms with Crippen LogP contribution >= 0.6 is 0 Å². The molecule has 162 valence electrons. The molecule has 0 spiro atoms. The molecular formula is C21H18F3N3O3S. The maximum absolute atomic E-state index is 12.6. The summed E-state index contributed by atoms with van der Waals surface area (Å²) < 4.78 is 61.8. The number of sulfone groups is 1. The second-order valence-electron chi connectivity index (χ2n) is 6.98. The summed E-state index contributed by atoms with van der Waals surface area (Å²) in [6.45, 7) is 1.79. The number of benzene rings is 2. The summed E-state index contributed by atoms with van der Waals surface area (Å²) in [5.41, 5.74) is 2.68. The Hall–Kier alpha value is -3.27. The van der Waals surface area contributed by atoms with Crippen molar-refractivity contribution >= 4 is 15.7 Å². The van der Waals surface area contributed by atoms with Gasteiger partial charge in [-0.2, -0.15) is 13.2 Å². The molecule has 2 aromatic carbocycles. The van der Waals surface area contributed by atoms with Crippen LogP contribution in [0.4, 0.5) is 13.2 Å². The summed E-state index contributed by atoms with van der Waals surface area (Å²) in [6, 6.07) is 11.7. The molecule has 0 bridgehead atoms. The molecule has 6 nitrogen and oxygen atoms in total. The van der Waals surface area contributed by atoms with E-state index < -0.39 is 27.7 Å². The van der Waals surface area contributed by atoms with Gasteiger partial charge in [0, 0.05) is 36.3 Å². The van der Waals surface area contributed by atoms with E-state index >= 15 is 0 Å². The van der Waals surface area contributed by atoms with Gasteiger partial charge in [-0.05, 0) is 36.2 Å². The van der Waals surface area contributed by atoms with Gasteiger partial charge in [0.1, 0.15) is 0 Å². The molecule has 1 N–H and O–H groups in total. The van der Waals surface area contributed by atoms with E-state index in [0.29, 0.717) is 5.56 Å². The first-order valence-electron chi connectivity index (χ1n) is 9.02. The van der Waals surface area contributed by atoms with Crippen molar-refractivity contribution in [3.63, 3.8) is 0 Å². The molecule has 0 aliphatic rings. The number of hydrogen-bond acceptors (Lipinski definition) is 5. The van der Waals surface area contributed by atoms with Gasteiger partial charge in [0.25, 0.3) is 5.91 Å². The normalized spacial score (nSPS) is 11.9. The van der Waals surface area contributed by atoms with Gasteiger partial charge in [0.15, 0.2) is 9.84 Å². The summed E-state index contributed by atoms with van der Waals surface area (Å²) in [4.78, 5) is 19.1. The molecule has 0 aliphatic heterocycles. The van der Waals surface area contributed by atoms with Crippen LogP contribution in [0.5, 0.6) is 0 Å². The molecule has 1 amide bonds. The largest absolute Gasteiger partial charge is 0.451 e. The molecule has 0 fully saturated rings. The van der Waals surface area contributed by atoms with Crippen molar-refractivity contribution in [3.05, 3.63) is 77.4 Å². The third kappa shape index (κ3) is 5.66. The van der Waals surface area contributed by atoms with Gasteiger partial charge >= 0.3 is 6.18 Å². The fraction of sp³-hybridized carbons (Fsp3) is 0.190. The molecule has 0 radical (unpaired) electrons. The fourth-order valence-electron chi connectivity index (χ4n) is 2.73. The van der Waals surface area contributed by atoms with Crippen molar-refractivity contribution in [1.29, 1.82) is 0 Å². The molecular weight excluding hydrogens is 431 g/mol. The van der Waals surface area contributed by atoms with Gasteiger partial charge in [-0.25, -0.2) is 18.4 Å². The number of alkyl halides is 3. The van der Waals surface area contributed by atoms with Crippen LogP contribution in [0.15, 0.2) is 59.8 Å². The number of nitrogens with one attached hydrogen (secondary N) is 1. The van der Waals surface area contributed by atoms with Crippen LogP contribution in [0.1, 0.15) is 27.3 Å². The summed E-state index contributed by atoms with van der Waals surface area (Å²) in [6.07, 6.45) is -1.66. The summed E-state index contributed by atoms with van der Waals surface area (Å²) >= 11 is 0. The van der Waals surface area contributed by atoms with Gasteiger partial charge in [-0.15, -0.1) is 0 Å². The molecule has 0 atom stereocenters. The van der Waals surface area contributed by atoms with Crippen LogP contribution in [0.2, 0.25) is 0 Å². The predicted molar refractivity (Wildman–Crippen MR) is 108 cm³/mol. The first-order chi connectivity index (χ1) is 14.4. The Morgan fingerprint density at radius 1 is 1.00 bits per heavy atom. The molecule has 1 heterocycles. The third-order valence-corrected chi connectivity index (χ3v) is 5.49. The number of nitrogens with zero attached hydrogens (tertiary/aromatic N) is 2. The molecule has 0 unspecified atom stereocenters. The standard InChI is InChI=1S/C21H18F3N3O3S/c1-13-3-5-15(6-4-13)16-7-17(9-18(8-16)31(2,29)30)19(28)25-10-14-11-26-20(27-12-14)21(22,23)24/h3-9,11-12H,10H2,1-2H3,(H,25,28). The Morgan fingerprint density at radius 2 is 1.61 bits per heavy atom. The number of halogens is 3. The second kappa shape index (κ2) is 8.46. The van der Waals surface area contributed by atoms with Crippen molar-refractivity contribution < 1.29 is 26.4 Å². The van der Waals surface area contributed by atoms with E-state index in [9.17, 15) is 26.4 Å². The highest BCUT2D eigenvalue weighted by atomic mass is 32.2. The van der Waals surface area contributed by atoms with E-state index in [-0.39, 0.29) is 22.6 Å². The Balaban J connectivity index is 1.86. The molecule has 10 heteroatoms. The van der Waals surface area contributed by atoms with Gasteiger partial charge in [0.2, 0.25) is 5.82 Å². The molecule has 3 aromatic rings. The number of carbonyl (C=O) groups is 1. The molecule has 31 heavy (non-hydrogen) atoms. The molecule has 1 aromatic heterocycles. The third-order valence-electron chi connectivity index (χ3n) is 4.39. The van der Waals surface area contributed by atoms with Gasteiger partial charge in [0.05, 0.1) is 4.90 Å². The highest BCUT2D eigenvalue weighted by Crippen LogP contribution is 2.26. The lowest BCUT2D eigenvalue weighted by molar-refractivity contribution is -0.145.